The molecule has 11 rings (SSSR count). The van der Waals surface area contributed by atoms with Gasteiger partial charge in [-0.1, -0.05) is 97.1 Å². The van der Waals surface area contributed by atoms with Gasteiger partial charge in [-0.05, 0) is 130 Å². The molecule has 0 saturated heterocycles. The molecule has 0 spiro atoms. The fourth-order valence-electron chi connectivity index (χ4n) is 8.49. The number of nitrogens with zero attached hydrogens (tertiary/aromatic N) is 5. The molecule has 5 nitrogen and oxygen atoms in total. The Kier molecular flexibility index (Phi) is 8.41. The Bertz CT molecular complexity index is 3130. The first-order valence-corrected chi connectivity index (χ1v) is 19.9. The van der Waals surface area contributed by atoms with E-state index in [1.54, 1.807) is 0 Å². The van der Waals surface area contributed by atoms with Crippen LogP contribution in [-0.4, -0.2) is 19.1 Å². The lowest BCUT2D eigenvalue weighted by Crippen LogP contribution is -2.09. The summed E-state index contributed by atoms with van der Waals surface area (Å²) >= 11 is 0. The Morgan fingerprint density at radius 2 is 0.949 bits per heavy atom. The average molecular weight is 756 g/mol. The predicted molar refractivity (Wildman–Crippen MR) is 244 cm³/mol. The summed E-state index contributed by atoms with van der Waals surface area (Å²) < 4.78 is 4.75. The quantitative estimate of drug-likeness (QED) is 0.155. The molecule has 0 fully saturated rings. The van der Waals surface area contributed by atoms with E-state index in [1.165, 1.54) is 38.3 Å². The smallest absolute Gasteiger partial charge is 0.0788 e. The van der Waals surface area contributed by atoms with Crippen molar-refractivity contribution in [3.05, 3.63) is 225 Å². The molecule has 7 aromatic carbocycles. The third-order valence-corrected chi connectivity index (χ3v) is 11.3. The molecule has 0 unspecified atom stereocenters. The van der Waals surface area contributed by atoms with Gasteiger partial charge in [0, 0.05) is 75.6 Å². The van der Waals surface area contributed by atoms with Gasteiger partial charge in [-0.3, -0.25) is 9.97 Å². The Morgan fingerprint density at radius 3 is 1.58 bits per heavy atom. The standard InChI is InChI=1S/C54H37N5/c1-3-9-45(10-4-1)57-35-31-42-19-27-50-51-36-43(20-28-52(51)59(54(50)53(42)57)46-11-5-2-6-12-46)39-15-23-48(24-16-39)58(47-21-13-38(14-22-47)41-29-33-55-34-30-41)49-25-17-40(18-26-49)44-8-7-32-56-37-44/h1-37H. The molecule has 0 N–H and O–H groups in total. The SMILES string of the molecule is c1ccc(-n2ccc3ccc4c5cc(-c6ccc(N(c7ccc(-c8ccncc8)cc7)c7ccc(-c8cccnc8)cc7)cc6)ccc5n(-c5ccccc5)c4c32)cc1. The van der Waals surface area contributed by atoms with Gasteiger partial charge < -0.3 is 14.0 Å². The van der Waals surface area contributed by atoms with Crippen LogP contribution in [0.4, 0.5) is 17.1 Å². The van der Waals surface area contributed by atoms with E-state index in [2.05, 4.69) is 206 Å². The molecular weight excluding hydrogens is 719 g/mol. The summed E-state index contributed by atoms with van der Waals surface area (Å²) in [5.41, 5.74) is 15.9. The summed E-state index contributed by atoms with van der Waals surface area (Å²) in [5, 5.41) is 3.65. The summed E-state index contributed by atoms with van der Waals surface area (Å²) in [6, 6.07) is 69.6. The second-order valence-electron chi connectivity index (χ2n) is 14.8. The summed E-state index contributed by atoms with van der Waals surface area (Å²) in [6.45, 7) is 0. The van der Waals surface area contributed by atoms with Crippen LogP contribution in [0.1, 0.15) is 0 Å². The van der Waals surface area contributed by atoms with Crippen LogP contribution in [0.15, 0.2) is 225 Å². The number of pyridine rings is 2. The van der Waals surface area contributed by atoms with Gasteiger partial charge in [0.1, 0.15) is 0 Å². The number of hydrogen-bond acceptors (Lipinski definition) is 3. The van der Waals surface area contributed by atoms with Crippen molar-refractivity contribution in [2.24, 2.45) is 0 Å². The van der Waals surface area contributed by atoms with Crippen LogP contribution in [0.5, 0.6) is 0 Å². The van der Waals surface area contributed by atoms with Crippen molar-refractivity contribution >= 4 is 49.8 Å². The molecule has 0 aliphatic rings. The minimum Gasteiger partial charge on any atom is -0.315 e. The van der Waals surface area contributed by atoms with Crippen LogP contribution >= 0.6 is 0 Å². The van der Waals surface area contributed by atoms with Crippen molar-refractivity contribution in [2.75, 3.05) is 4.90 Å². The second-order valence-corrected chi connectivity index (χ2v) is 14.8. The summed E-state index contributed by atoms with van der Waals surface area (Å²) in [5.74, 6) is 0. The summed E-state index contributed by atoms with van der Waals surface area (Å²) in [6.07, 6.45) is 9.57. The summed E-state index contributed by atoms with van der Waals surface area (Å²) in [4.78, 5) is 10.9. The summed E-state index contributed by atoms with van der Waals surface area (Å²) in [7, 11) is 0. The Labute approximate surface area is 342 Å². The van der Waals surface area contributed by atoms with Gasteiger partial charge in [0.2, 0.25) is 0 Å². The van der Waals surface area contributed by atoms with Crippen LogP contribution in [0.2, 0.25) is 0 Å². The van der Waals surface area contributed by atoms with E-state index in [0.717, 1.165) is 56.3 Å². The Morgan fingerprint density at radius 1 is 0.373 bits per heavy atom. The predicted octanol–water partition coefficient (Wildman–Crippen LogP) is 14.0. The van der Waals surface area contributed by atoms with Gasteiger partial charge in [-0.15, -0.1) is 0 Å². The van der Waals surface area contributed by atoms with Crippen molar-refractivity contribution in [1.29, 1.82) is 0 Å². The zero-order valence-corrected chi connectivity index (χ0v) is 32.1. The van der Waals surface area contributed by atoms with Crippen molar-refractivity contribution in [3.8, 4) is 44.8 Å². The number of aromatic nitrogens is 4. The molecule has 0 bridgehead atoms. The zero-order valence-electron chi connectivity index (χ0n) is 32.1. The van der Waals surface area contributed by atoms with Crippen LogP contribution in [-0.2, 0) is 0 Å². The molecule has 11 aromatic rings. The average Bonchev–Trinajstić information content (AvgIpc) is 3.90. The Balaban J connectivity index is 1.02. The monoisotopic (exact) mass is 755 g/mol. The number of anilines is 3. The fourth-order valence-corrected chi connectivity index (χ4v) is 8.49. The minimum absolute atomic E-state index is 1.07. The first kappa shape index (κ1) is 34.2. The van der Waals surface area contributed by atoms with Crippen LogP contribution in [0, 0.1) is 0 Å². The van der Waals surface area contributed by atoms with E-state index in [-0.39, 0.29) is 0 Å². The topological polar surface area (TPSA) is 38.9 Å². The lowest BCUT2D eigenvalue weighted by atomic mass is 10.0. The van der Waals surface area contributed by atoms with E-state index in [9.17, 15) is 0 Å². The zero-order chi connectivity index (χ0) is 39.1. The molecule has 0 radical (unpaired) electrons. The second kappa shape index (κ2) is 14.5. The minimum atomic E-state index is 1.07. The highest BCUT2D eigenvalue weighted by molar-refractivity contribution is 6.18. The number of hydrogen-bond donors (Lipinski definition) is 0. The van der Waals surface area contributed by atoms with Crippen LogP contribution in [0.25, 0.3) is 77.5 Å². The lowest BCUT2D eigenvalue weighted by molar-refractivity contribution is 1.12. The largest absolute Gasteiger partial charge is 0.315 e. The molecule has 0 atom stereocenters. The number of rotatable bonds is 8. The maximum Gasteiger partial charge on any atom is 0.0788 e. The third-order valence-electron chi connectivity index (χ3n) is 11.3. The highest BCUT2D eigenvalue weighted by atomic mass is 15.1. The molecule has 0 aliphatic carbocycles. The van der Waals surface area contributed by atoms with Gasteiger partial charge in [-0.25, -0.2) is 0 Å². The van der Waals surface area contributed by atoms with Gasteiger partial charge in [0.05, 0.1) is 16.6 Å². The van der Waals surface area contributed by atoms with Crippen molar-refractivity contribution in [3.63, 3.8) is 0 Å². The molecule has 0 saturated carbocycles. The van der Waals surface area contributed by atoms with E-state index in [4.69, 9.17) is 0 Å². The number of benzene rings is 7. The van der Waals surface area contributed by atoms with Gasteiger partial charge >= 0.3 is 0 Å². The maximum absolute atomic E-state index is 4.33. The van der Waals surface area contributed by atoms with Crippen molar-refractivity contribution in [1.82, 2.24) is 19.1 Å². The fraction of sp³-hybridized carbons (Fsp3) is 0. The van der Waals surface area contributed by atoms with Gasteiger partial charge in [-0.2, -0.15) is 0 Å². The molecule has 278 valence electrons. The van der Waals surface area contributed by atoms with Gasteiger partial charge in [0.25, 0.3) is 0 Å². The number of para-hydroxylation sites is 2. The first-order valence-electron chi connectivity index (χ1n) is 19.9. The molecule has 4 heterocycles. The molecule has 5 heteroatoms. The van der Waals surface area contributed by atoms with E-state index in [0.29, 0.717) is 0 Å². The molecule has 4 aromatic heterocycles. The highest BCUT2D eigenvalue weighted by Gasteiger charge is 2.19. The third kappa shape index (κ3) is 6.13. The number of fused-ring (bicyclic) bond motifs is 5. The van der Waals surface area contributed by atoms with Crippen LogP contribution < -0.4 is 4.90 Å². The normalized spacial score (nSPS) is 11.4. The first-order chi connectivity index (χ1) is 29.3. The van der Waals surface area contributed by atoms with Crippen molar-refractivity contribution in [2.45, 2.75) is 0 Å². The molecule has 0 amide bonds. The van der Waals surface area contributed by atoms with Crippen molar-refractivity contribution < 1.29 is 0 Å². The highest BCUT2D eigenvalue weighted by Crippen LogP contribution is 2.41. The maximum atomic E-state index is 4.33. The van der Waals surface area contributed by atoms with Gasteiger partial charge in [0.15, 0.2) is 0 Å². The Hall–Kier alpha value is -8.02. The van der Waals surface area contributed by atoms with Crippen LogP contribution in [0.3, 0.4) is 0 Å². The lowest BCUT2D eigenvalue weighted by Gasteiger charge is -2.26. The molecule has 0 aliphatic heterocycles. The van der Waals surface area contributed by atoms with E-state index in [1.807, 2.05) is 43.0 Å². The van der Waals surface area contributed by atoms with E-state index < -0.39 is 0 Å². The molecule has 59 heavy (non-hydrogen) atoms. The molecular formula is C54H37N5. The van der Waals surface area contributed by atoms with E-state index >= 15 is 0 Å².